The molecular weight excluding hydrogens is 186 g/mol. The van der Waals surface area contributed by atoms with Crippen LogP contribution in [0.2, 0.25) is 0 Å². The minimum absolute atomic E-state index is 0.707. The van der Waals surface area contributed by atoms with Gasteiger partial charge >= 0.3 is 0 Å². The number of fused-ring (bicyclic) bond motifs is 1. The van der Waals surface area contributed by atoms with Crippen LogP contribution in [0.1, 0.15) is 49.2 Å². The van der Waals surface area contributed by atoms with Gasteiger partial charge in [0.05, 0.1) is 17.4 Å². The van der Waals surface area contributed by atoms with Crippen molar-refractivity contribution >= 4 is 0 Å². The van der Waals surface area contributed by atoms with Crippen molar-refractivity contribution in [3.05, 3.63) is 17.0 Å². The Kier molecular flexibility index (Phi) is 2.28. The summed E-state index contributed by atoms with van der Waals surface area (Å²) in [4.78, 5) is 0. The van der Waals surface area contributed by atoms with Crippen LogP contribution in [0.3, 0.4) is 0 Å². The first-order valence-corrected chi connectivity index (χ1v) is 6.20. The normalized spacial score (nSPS) is 21.1. The second-order valence-corrected chi connectivity index (χ2v) is 4.68. The fourth-order valence-electron chi connectivity index (χ4n) is 2.67. The summed E-state index contributed by atoms with van der Waals surface area (Å²) in [6.07, 6.45) is 6.30. The zero-order chi connectivity index (χ0) is 10.3. The first kappa shape index (κ1) is 9.40. The van der Waals surface area contributed by atoms with Crippen molar-refractivity contribution in [2.45, 2.75) is 51.6 Å². The Balaban J connectivity index is 2.01. The van der Waals surface area contributed by atoms with E-state index in [2.05, 4.69) is 16.9 Å². The second kappa shape index (κ2) is 3.63. The lowest BCUT2D eigenvalue weighted by molar-refractivity contribution is 0.278. The third-order valence-corrected chi connectivity index (χ3v) is 3.80. The molecule has 0 saturated heterocycles. The van der Waals surface area contributed by atoms with Crippen molar-refractivity contribution in [1.29, 1.82) is 0 Å². The van der Waals surface area contributed by atoms with Crippen molar-refractivity contribution in [3.8, 4) is 0 Å². The molecule has 0 amide bonds. The van der Waals surface area contributed by atoms with Crippen molar-refractivity contribution in [2.75, 3.05) is 6.54 Å². The molecule has 1 aromatic rings. The maximum atomic E-state index is 4.81. The summed E-state index contributed by atoms with van der Waals surface area (Å²) in [6, 6.07) is 0.707. The van der Waals surface area contributed by atoms with Gasteiger partial charge in [0, 0.05) is 6.54 Å². The standard InChI is InChI=1S/C12H19N3/c1-2-11-10-6-7-13-8-12(10)15(14-11)9-4-3-5-9/h9,13H,2-8H2,1H3. The fourth-order valence-corrected chi connectivity index (χ4v) is 2.67. The Morgan fingerprint density at radius 2 is 2.33 bits per heavy atom. The molecule has 1 N–H and O–H groups in total. The summed E-state index contributed by atoms with van der Waals surface area (Å²) in [5.74, 6) is 0. The van der Waals surface area contributed by atoms with Crippen molar-refractivity contribution in [3.63, 3.8) is 0 Å². The highest BCUT2D eigenvalue weighted by Gasteiger charge is 2.27. The van der Waals surface area contributed by atoms with Crippen molar-refractivity contribution in [2.24, 2.45) is 0 Å². The molecule has 0 radical (unpaired) electrons. The lowest BCUT2D eigenvalue weighted by Crippen LogP contribution is -2.28. The zero-order valence-electron chi connectivity index (χ0n) is 9.42. The Hall–Kier alpha value is -0.830. The van der Waals surface area contributed by atoms with Gasteiger partial charge in [-0.1, -0.05) is 6.92 Å². The average Bonchev–Trinajstić information content (AvgIpc) is 2.55. The highest BCUT2D eigenvalue weighted by molar-refractivity contribution is 5.29. The highest BCUT2D eigenvalue weighted by Crippen LogP contribution is 2.34. The van der Waals surface area contributed by atoms with Gasteiger partial charge in [0.15, 0.2) is 0 Å². The summed E-state index contributed by atoms with van der Waals surface area (Å²) in [5.41, 5.74) is 4.37. The van der Waals surface area contributed by atoms with Crippen molar-refractivity contribution in [1.82, 2.24) is 15.1 Å². The summed E-state index contributed by atoms with van der Waals surface area (Å²) >= 11 is 0. The summed E-state index contributed by atoms with van der Waals surface area (Å²) < 4.78 is 2.32. The zero-order valence-corrected chi connectivity index (χ0v) is 9.42. The number of hydrogen-bond acceptors (Lipinski definition) is 2. The molecule has 3 nitrogen and oxygen atoms in total. The summed E-state index contributed by atoms with van der Waals surface area (Å²) in [7, 11) is 0. The molecule has 15 heavy (non-hydrogen) atoms. The minimum Gasteiger partial charge on any atom is -0.311 e. The van der Waals surface area contributed by atoms with E-state index in [-0.39, 0.29) is 0 Å². The predicted molar refractivity (Wildman–Crippen MR) is 59.9 cm³/mol. The number of nitrogens with zero attached hydrogens (tertiary/aromatic N) is 2. The molecule has 82 valence electrons. The van der Waals surface area contributed by atoms with Gasteiger partial charge in [0.2, 0.25) is 0 Å². The highest BCUT2D eigenvalue weighted by atomic mass is 15.3. The van der Waals surface area contributed by atoms with Crippen molar-refractivity contribution < 1.29 is 0 Å². The van der Waals surface area contributed by atoms with E-state index in [4.69, 9.17) is 5.10 Å². The molecule has 0 unspecified atom stereocenters. The van der Waals surface area contributed by atoms with E-state index in [1.807, 2.05) is 0 Å². The van der Waals surface area contributed by atoms with E-state index in [9.17, 15) is 0 Å². The van der Waals surface area contributed by atoms with Gasteiger partial charge in [-0.3, -0.25) is 4.68 Å². The van der Waals surface area contributed by atoms with Gasteiger partial charge < -0.3 is 5.32 Å². The molecule has 0 atom stereocenters. The van der Waals surface area contributed by atoms with E-state index < -0.39 is 0 Å². The predicted octanol–water partition coefficient (Wildman–Crippen LogP) is 1.82. The monoisotopic (exact) mass is 205 g/mol. The van der Waals surface area contributed by atoms with Gasteiger partial charge in [-0.25, -0.2) is 0 Å². The molecule has 2 aliphatic rings. The third kappa shape index (κ3) is 1.41. The average molecular weight is 205 g/mol. The lowest BCUT2D eigenvalue weighted by Gasteiger charge is -2.28. The van der Waals surface area contributed by atoms with Gasteiger partial charge in [-0.15, -0.1) is 0 Å². The van der Waals surface area contributed by atoms with Gasteiger partial charge in [0.1, 0.15) is 0 Å². The first-order valence-electron chi connectivity index (χ1n) is 6.20. The SMILES string of the molecule is CCc1nn(C2CCC2)c2c1CCNC2. The van der Waals surface area contributed by atoms with Crippen LogP contribution in [0.5, 0.6) is 0 Å². The third-order valence-electron chi connectivity index (χ3n) is 3.80. The summed E-state index contributed by atoms with van der Waals surface area (Å²) in [5, 5.41) is 8.27. The van der Waals surface area contributed by atoms with Crippen LogP contribution in [0, 0.1) is 0 Å². The van der Waals surface area contributed by atoms with Crippen LogP contribution in [-0.4, -0.2) is 16.3 Å². The smallest absolute Gasteiger partial charge is 0.0657 e. The topological polar surface area (TPSA) is 29.9 Å². The molecule has 1 saturated carbocycles. The maximum absolute atomic E-state index is 4.81. The molecule has 0 spiro atoms. The van der Waals surface area contributed by atoms with Gasteiger partial charge in [-0.05, 0) is 44.2 Å². The second-order valence-electron chi connectivity index (χ2n) is 4.68. The first-order chi connectivity index (χ1) is 7.40. The Morgan fingerprint density at radius 3 is 3.00 bits per heavy atom. The number of nitrogens with one attached hydrogen (secondary N) is 1. The molecule has 1 aromatic heterocycles. The van der Waals surface area contributed by atoms with E-state index >= 15 is 0 Å². The number of aryl methyl sites for hydroxylation is 1. The van der Waals surface area contributed by atoms with Gasteiger partial charge in [-0.2, -0.15) is 5.10 Å². The molecule has 0 bridgehead atoms. The Morgan fingerprint density at radius 1 is 1.47 bits per heavy atom. The molecule has 0 aromatic carbocycles. The van der Waals surface area contributed by atoms with Gasteiger partial charge in [0.25, 0.3) is 0 Å². The molecular formula is C12H19N3. The van der Waals surface area contributed by atoms with Crippen LogP contribution in [0.4, 0.5) is 0 Å². The lowest BCUT2D eigenvalue weighted by atomic mass is 9.93. The largest absolute Gasteiger partial charge is 0.311 e. The number of rotatable bonds is 2. The Labute approximate surface area is 90.9 Å². The Bertz CT molecular complexity index is 363. The molecule has 3 heteroatoms. The van der Waals surface area contributed by atoms with Crippen LogP contribution in [-0.2, 0) is 19.4 Å². The molecule has 3 rings (SSSR count). The molecule has 2 heterocycles. The van der Waals surface area contributed by atoms with Crippen LogP contribution in [0.15, 0.2) is 0 Å². The summed E-state index contributed by atoms with van der Waals surface area (Å²) in [6.45, 7) is 4.37. The fraction of sp³-hybridized carbons (Fsp3) is 0.750. The molecule has 1 aliphatic carbocycles. The van der Waals surface area contributed by atoms with E-state index in [0.717, 1.165) is 19.5 Å². The van der Waals surface area contributed by atoms with Crippen LogP contribution in [0.25, 0.3) is 0 Å². The minimum atomic E-state index is 0.707. The number of hydrogen-bond donors (Lipinski definition) is 1. The van der Waals surface area contributed by atoms with Crippen LogP contribution < -0.4 is 5.32 Å². The van der Waals surface area contributed by atoms with E-state index in [1.165, 1.54) is 37.1 Å². The number of aromatic nitrogens is 2. The molecule has 1 aliphatic heterocycles. The van der Waals surface area contributed by atoms with Crippen LogP contribution >= 0.6 is 0 Å². The van der Waals surface area contributed by atoms with E-state index in [0.29, 0.717) is 6.04 Å². The maximum Gasteiger partial charge on any atom is 0.0657 e. The van der Waals surface area contributed by atoms with E-state index in [1.54, 1.807) is 5.56 Å². The quantitative estimate of drug-likeness (QED) is 0.798. The molecule has 1 fully saturated rings.